The highest BCUT2D eigenvalue weighted by atomic mass is 19.3. The van der Waals surface area contributed by atoms with Crippen LogP contribution in [0.4, 0.5) is 8.78 Å². The van der Waals surface area contributed by atoms with Gasteiger partial charge in [-0.05, 0) is 24.1 Å². The second-order valence-electron chi connectivity index (χ2n) is 4.23. The van der Waals surface area contributed by atoms with Gasteiger partial charge in [0.25, 0.3) is 0 Å². The minimum atomic E-state index is -2.42. The molecule has 1 aromatic carbocycles. The van der Waals surface area contributed by atoms with Crippen molar-refractivity contribution < 1.29 is 8.78 Å². The van der Waals surface area contributed by atoms with E-state index in [0.29, 0.717) is 0 Å². The van der Waals surface area contributed by atoms with Gasteiger partial charge in [-0.2, -0.15) is 0 Å². The molecule has 1 aromatic rings. The first-order chi connectivity index (χ1) is 7.11. The Morgan fingerprint density at radius 3 is 2.33 bits per heavy atom. The van der Waals surface area contributed by atoms with Gasteiger partial charge >= 0.3 is 0 Å². The van der Waals surface area contributed by atoms with E-state index in [-0.39, 0.29) is 18.8 Å². The summed E-state index contributed by atoms with van der Waals surface area (Å²) in [6.45, 7) is 0.821. The molecule has 1 saturated carbocycles. The van der Waals surface area contributed by atoms with Gasteiger partial charge in [0.15, 0.2) is 0 Å². The minimum Gasteiger partial charge on any atom is -0.316 e. The average molecular weight is 211 g/mol. The molecular weight excluding hydrogens is 196 g/mol. The Labute approximate surface area is 88.5 Å². The third kappa shape index (κ3) is 2.34. The summed E-state index contributed by atoms with van der Waals surface area (Å²) in [6.07, 6.45) is 0.0246. The number of halogens is 2. The van der Waals surface area contributed by atoms with E-state index in [1.54, 1.807) is 0 Å². The number of alkyl halides is 2. The van der Waals surface area contributed by atoms with E-state index in [1.165, 1.54) is 5.56 Å². The molecule has 82 valence electrons. The van der Waals surface area contributed by atoms with Crippen LogP contribution in [0.1, 0.15) is 29.9 Å². The molecule has 0 unspecified atom stereocenters. The van der Waals surface area contributed by atoms with Gasteiger partial charge in [0, 0.05) is 19.4 Å². The van der Waals surface area contributed by atoms with E-state index < -0.39 is 5.92 Å². The van der Waals surface area contributed by atoms with Crippen LogP contribution in [-0.4, -0.2) is 13.0 Å². The molecule has 0 aliphatic heterocycles. The summed E-state index contributed by atoms with van der Waals surface area (Å²) < 4.78 is 25.3. The van der Waals surface area contributed by atoms with Crippen molar-refractivity contribution in [2.75, 3.05) is 7.05 Å². The second kappa shape index (κ2) is 3.89. The average Bonchev–Trinajstić information content (AvgIpc) is 2.16. The highest BCUT2D eigenvalue weighted by Gasteiger charge is 2.45. The van der Waals surface area contributed by atoms with E-state index in [0.717, 1.165) is 12.1 Å². The minimum absolute atomic E-state index is 0.0123. The van der Waals surface area contributed by atoms with Gasteiger partial charge in [0.1, 0.15) is 0 Å². The summed E-state index contributed by atoms with van der Waals surface area (Å²) in [5.74, 6) is -2.36. The van der Waals surface area contributed by atoms with E-state index in [2.05, 4.69) is 5.32 Å². The molecule has 2 rings (SSSR count). The van der Waals surface area contributed by atoms with Crippen LogP contribution in [0, 0.1) is 0 Å². The molecule has 0 amide bonds. The predicted octanol–water partition coefficient (Wildman–Crippen LogP) is 2.92. The van der Waals surface area contributed by atoms with Crippen LogP contribution in [0.5, 0.6) is 0 Å². The van der Waals surface area contributed by atoms with E-state index in [4.69, 9.17) is 0 Å². The molecule has 0 atom stereocenters. The highest BCUT2D eigenvalue weighted by Crippen LogP contribution is 2.48. The number of rotatable bonds is 3. The van der Waals surface area contributed by atoms with E-state index >= 15 is 0 Å². The monoisotopic (exact) mass is 211 g/mol. The summed E-state index contributed by atoms with van der Waals surface area (Å²) in [7, 11) is 1.89. The van der Waals surface area contributed by atoms with Crippen molar-refractivity contribution >= 4 is 0 Å². The van der Waals surface area contributed by atoms with Crippen LogP contribution >= 0.6 is 0 Å². The van der Waals surface area contributed by atoms with Crippen LogP contribution in [0.2, 0.25) is 0 Å². The van der Waals surface area contributed by atoms with Crippen molar-refractivity contribution in [1.29, 1.82) is 0 Å². The normalized spacial score (nSPS) is 19.9. The zero-order valence-corrected chi connectivity index (χ0v) is 8.76. The van der Waals surface area contributed by atoms with Gasteiger partial charge in [-0.15, -0.1) is 0 Å². The van der Waals surface area contributed by atoms with Crippen LogP contribution in [0.3, 0.4) is 0 Å². The zero-order valence-electron chi connectivity index (χ0n) is 8.76. The lowest BCUT2D eigenvalue weighted by Gasteiger charge is -2.35. The molecule has 15 heavy (non-hydrogen) atoms. The predicted molar refractivity (Wildman–Crippen MR) is 56.1 cm³/mol. The fourth-order valence-corrected chi connectivity index (χ4v) is 2.01. The van der Waals surface area contributed by atoms with Crippen molar-refractivity contribution in [1.82, 2.24) is 5.32 Å². The molecule has 1 nitrogen and oxygen atoms in total. The Kier molecular flexibility index (Phi) is 2.74. The Morgan fingerprint density at radius 2 is 1.87 bits per heavy atom. The van der Waals surface area contributed by atoms with E-state index in [9.17, 15) is 8.78 Å². The number of hydrogen-bond acceptors (Lipinski definition) is 1. The van der Waals surface area contributed by atoms with Gasteiger partial charge in [-0.3, -0.25) is 0 Å². The fraction of sp³-hybridized carbons (Fsp3) is 0.500. The Bertz CT molecular complexity index is 324. The molecule has 0 radical (unpaired) electrons. The molecule has 0 spiro atoms. The molecule has 1 N–H and O–H groups in total. The largest absolute Gasteiger partial charge is 0.316 e. The first-order valence-electron chi connectivity index (χ1n) is 5.22. The lowest BCUT2D eigenvalue weighted by Crippen LogP contribution is -2.33. The Morgan fingerprint density at radius 1 is 1.27 bits per heavy atom. The van der Waals surface area contributed by atoms with Crippen LogP contribution in [-0.2, 0) is 6.54 Å². The summed E-state index contributed by atoms with van der Waals surface area (Å²) >= 11 is 0. The Balaban J connectivity index is 1.99. The van der Waals surface area contributed by atoms with Crippen molar-refractivity contribution in [2.24, 2.45) is 0 Å². The van der Waals surface area contributed by atoms with Gasteiger partial charge < -0.3 is 5.32 Å². The maximum atomic E-state index is 12.7. The SMILES string of the molecule is CNCc1ccc(C2CC(F)(F)C2)cc1. The summed E-state index contributed by atoms with van der Waals surface area (Å²) in [5.41, 5.74) is 2.23. The third-order valence-electron chi connectivity index (χ3n) is 2.92. The van der Waals surface area contributed by atoms with Crippen molar-refractivity contribution in [3.05, 3.63) is 35.4 Å². The quantitative estimate of drug-likeness (QED) is 0.810. The fourth-order valence-electron chi connectivity index (χ4n) is 2.01. The van der Waals surface area contributed by atoms with Crippen molar-refractivity contribution in [3.63, 3.8) is 0 Å². The standard InChI is InChI=1S/C12H15F2N/c1-15-8-9-2-4-10(5-3-9)11-6-12(13,14)7-11/h2-5,11,15H,6-8H2,1H3. The molecule has 1 fully saturated rings. The maximum Gasteiger partial charge on any atom is 0.249 e. The van der Waals surface area contributed by atoms with Gasteiger partial charge in [-0.25, -0.2) is 8.78 Å². The number of benzene rings is 1. The van der Waals surface area contributed by atoms with Crippen molar-refractivity contribution in [3.8, 4) is 0 Å². The van der Waals surface area contributed by atoms with Crippen molar-refractivity contribution in [2.45, 2.75) is 31.2 Å². The molecule has 3 heteroatoms. The number of nitrogens with one attached hydrogen (secondary N) is 1. The lowest BCUT2D eigenvalue weighted by atomic mass is 9.76. The van der Waals surface area contributed by atoms with Crippen LogP contribution in [0.15, 0.2) is 24.3 Å². The maximum absolute atomic E-state index is 12.7. The summed E-state index contributed by atoms with van der Waals surface area (Å²) in [6, 6.07) is 7.93. The summed E-state index contributed by atoms with van der Waals surface area (Å²) in [4.78, 5) is 0. The second-order valence-corrected chi connectivity index (χ2v) is 4.23. The molecule has 0 aromatic heterocycles. The third-order valence-corrected chi connectivity index (χ3v) is 2.92. The molecule has 0 heterocycles. The van der Waals surface area contributed by atoms with Gasteiger partial charge in [0.05, 0.1) is 0 Å². The Hall–Kier alpha value is -0.960. The first-order valence-corrected chi connectivity index (χ1v) is 5.22. The lowest BCUT2D eigenvalue weighted by molar-refractivity contribution is -0.0867. The van der Waals surface area contributed by atoms with E-state index in [1.807, 2.05) is 31.3 Å². The first kappa shape index (κ1) is 10.6. The summed E-state index contributed by atoms with van der Waals surface area (Å²) in [5, 5.41) is 3.05. The highest BCUT2D eigenvalue weighted by molar-refractivity contribution is 5.27. The molecule has 1 aliphatic carbocycles. The smallest absolute Gasteiger partial charge is 0.249 e. The molecular formula is C12H15F2N. The van der Waals surface area contributed by atoms with Gasteiger partial charge in [-0.1, -0.05) is 24.3 Å². The molecule has 0 saturated heterocycles. The van der Waals surface area contributed by atoms with Gasteiger partial charge in [0.2, 0.25) is 5.92 Å². The molecule has 1 aliphatic rings. The number of hydrogen-bond donors (Lipinski definition) is 1. The van der Waals surface area contributed by atoms with Crippen LogP contribution in [0.25, 0.3) is 0 Å². The van der Waals surface area contributed by atoms with Crippen LogP contribution < -0.4 is 5.32 Å². The molecule has 0 bridgehead atoms. The zero-order chi connectivity index (χ0) is 10.9. The topological polar surface area (TPSA) is 12.0 Å².